The molecule has 1 aliphatic rings. The normalized spacial score (nSPS) is 17.2. The van der Waals surface area contributed by atoms with Crippen molar-refractivity contribution in [2.24, 2.45) is 0 Å². The average Bonchev–Trinajstić information content (AvgIpc) is 3.22. The Balaban J connectivity index is 1.66. The SMILES string of the molecule is CC(OCCN1CCOCC1)(c1ccsc1)c1ccsc1. The Morgan fingerprint density at radius 2 is 1.76 bits per heavy atom. The van der Waals surface area contributed by atoms with Gasteiger partial charge < -0.3 is 9.47 Å². The molecule has 21 heavy (non-hydrogen) atoms. The van der Waals surface area contributed by atoms with E-state index in [0.29, 0.717) is 0 Å². The van der Waals surface area contributed by atoms with E-state index in [1.807, 2.05) is 0 Å². The molecule has 3 nitrogen and oxygen atoms in total. The maximum Gasteiger partial charge on any atom is 0.117 e. The van der Waals surface area contributed by atoms with Crippen LogP contribution in [0, 0.1) is 0 Å². The van der Waals surface area contributed by atoms with E-state index < -0.39 is 0 Å². The second kappa shape index (κ2) is 7.03. The van der Waals surface area contributed by atoms with Gasteiger partial charge in [-0.2, -0.15) is 22.7 Å². The van der Waals surface area contributed by atoms with Crippen molar-refractivity contribution in [3.05, 3.63) is 44.8 Å². The van der Waals surface area contributed by atoms with Crippen molar-refractivity contribution in [2.75, 3.05) is 39.5 Å². The highest BCUT2D eigenvalue weighted by Gasteiger charge is 2.31. The lowest BCUT2D eigenvalue weighted by Gasteiger charge is -2.32. The van der Waals surface area contributed by atoms with Crippen LogP contribution in [0.25, 0.3) is 0 Å². The van der Waals surface area contributed by atoms with Crippen LogP contribution in [0.1, 0.15) is 18.1 Å². The Hall–Kier alpha value is -0.720. The third-order valence-corrected chi connectivity index (χ3v) is 5.41. The van der Waals surface area contributed by atoms with Gasteiger partial charge in [-0.05, 0) is 51.7 Å². The lowest BCUT2D eigenvalue weighted by atomic mass is 9.92. The number of hydrogen-bond donors (Lipinski definition) is 0. The molecule has 0 atom stereocenters. The smallest absolute Gasteiger partial charge is 0.117 e. The van der Waals surface area contributed by atoms with Crippen LogP contribution in [0.3, 0.4) is 0 Å². The summed E-state index contributed by atoms with van der Waals surface area (Å²) >= 11 is 3.44. The van der Waals surface area contributed by atoms with Crippen LogP contribution in [0.4, 0.5) is 0 Å². The van der Waals surface area contributed by atoms with Gasteiger partial charge in [0.25, 0.3) is 0 Å². The maximum atomic E-state index is 6.35. The average molecular weight is 323 g/mol. The third kappa shape index (κ3) is 3.55. The fourth-order valence-corrected chi connectivity index (χ4v) is 4.12. The van der Waals surface area contributed by atoms with E-state index >= 15 is 0 Å². The largest absolute Gasteiger partial charge is 0.379 e. The molecule has 2 aromatic rings. The van der Waals surface area contributed by atoms with Crippen LogP contribution in [0.2, 0.25) is 0 Å². The minimum absolute atomic E-state index is 0.341. The number of nitrogens with zero attached hydrogens (tertiary/aromatic N) is 1. The number of morpholine rings is 1. The van der Waals surface area contributed by atoms with Crippen molar-refractivity contribution < 1.29 is 9.47 Å². The Morgan fingerprint density at radius 3 is 2.29 bits per heavy atom. The van der Waals surface area contributed by atoms with E-state index in [2.05, 4.69) is 45.5 Å². The van der Waals surface area contributed by atoms with Crippen LogP contribution >= 0.6 is 22.7 Å². The van der Waals surface area contributed by atoms with Crippen molar-refractivity contribution in [1.29, 1.82) is 0 Å². The molecule has 0 aromatic carbocycles. The monoisotopic (exact) mass is 323 g/mol. The fourth-order valence-electron chi connectivity index (χ4n) is 2.61. The van der Waals surface area contributed by atoms with Crippen molar-refractivity contribution in [2.45, 2.75) is 12.5 Å². The standard InChI is InChI=1S/C16H21NO2S2/c1-16(14-2-10-20-12-14,15-3-11-21-13-15)19-9-6-17-4-7-18-8-5-17/h2-3,10-13H,4-9H2,1H3. The first kappa shape index (κ1) is 15.2. The Kier molecular flexibility index (Phi) is 5.08. The molecular weight excluding hydrogens is 302 g/mol. The number of hydrogen-bond acceptors (Lipinski definition) is 5. The van der Waals surface area contributed by atoms with E-state index in [1.54, 1.807) is 22.7 Å². The highest BCUT2D eigenvalue weighted by Crippen LogP contribution is 2.35. The predicted octanol–water partition coefficient (Wildman–Crippen LogP) is 3.42. The van der Waals surface area contributed by atoms with Crippen LogP contribution in [0.15, 0.2) is 33.7 Å². The first-order valence-corrected chi connectivity index (χ1v) is 9.17. The van der Waals surface area contributed by atoms with Crippen molar-refractivity contribution in [3.8, 4) is 0 Å². The summed E-state index contributed by atoms with van der Waals surface area (Å²) in [4.78, 5) is 2.41. The van der Waals surface area contributed by atoms with E-state index in [0.717, 1.165) is 39.5 Å². The number of ether oxygens (including phenoxy) is 2. The molecule has 0 saturated carbocycles. The Bertz CT molecular complexity index is 484. The zero-order valence-electron chi connectivity index (χ0n) is 12.3. The molecule has 2 aromatic heterocycles. The molecular formula is C16H21NO2S2. The minimum Gasteiger partial charge on any atom is -0.379 e. The van der Waals surface area contributed by atoms with E-state index in [1.165, 1.54) is 11.1 Å². The van der Waals surface area contributed by atoms with Gasteiger partial charge >= 0.3 is 0 Å². The highest BCUT2D eigenvalue weighted by atomic mass is 32.1. The lowest BCUT2D eigenvalue weighted by Crippen LogP contribution is -2.39. The second-order valence-corrected chi connectivity index (χ2v) is 6.92. The van der Waals surface area contributed by atoms with Crippen molar-refractivity contribution in [1.82, 2.24) is 4.90 Å². The molecule has 114 valence electrons. The summed E-state index contributed by atoms with van der Waals surface area (Å²) in [6, 6.07) is 4.33. The van der Waals surface area contributed by atoms with Gasteiger partial charge in [0.1, 0.15) is 5.60 Å². The molecule has 0 unspecified atom stereocenters. The van der Waals surface area contributed by atoms with E-state index in [9.17, 15) is 0 Å². The molecule has 3 rings (SSSR count). The zero-order chi connectivity index (χ0) is 14.5. The summed E-state index contributed by atoms with van der Waals surface area (Å²) in [7, 11) is 0. The fraction of sp³-hybridized carbons (Fsp3) is 0.500. The van der Waals surface area contributed by atoms with Crippen LogP contribution in [-0.4, -0.2) is 44.4 Å². The van der Waals surface area contributed by atoms with Gasteiger partial charge in [0.15, 0.2) is 0 Å². The summed E-state index contributed by atoms with van der Waals surface area (Å²) < 4.78 is 11.7. The van der Waals surface area contributed by atoms with Gasteiger partial charge in [-0.1, -0.05) is 0 Å². The number of rotatable bonds is 6. The molecule has 0 bridgehead atoms. The quantitative estimate of drug-likeness (QED) is 0.813. The molecule has 3 heterocycles. The van der Waals surface area contributed by atoms with E-state index in [4.69, 9.17) is 9.47 Å². The zero-order valence-corrected chi connectivity index (χ0v) is 13.9. The van der Waals surface area contributed by atoms with Crippen LogP contribution < -0.4 is 0 Å². The van der Waals surface area contributed by atoms with Gasteiger partial charge in [0.2, 0.25) is 0 Å². The number of thiophene rings is 2. The summed E-state index contributed by atoms with van der Waals surface area (Å²) in [6.07, 6.45) is 0. The van der Waals surface area contributed by atoms with Crippen molar-refractivity contribution in [3.63, 3.8) is 0 Å². The van der Waals surface area contributed by atoms with E-state index in [-0.39, 0.29) is 5.60 Å². The topological polar surface area (TPSA) is 21.7 Å². The third-order valence-electron chi connectivity index (χ3n) is 4.05. The van der Waals surface area contributed by atoms with Gasteiger partial charge in [-0.25, -0.2) is 0 Å². The second-order valence-electron chi connectivity index (χ2n) is 5.36. The maximum absolute atomic E-state index is 6.35. The Morgan fingerprint density at radius 1 is 1.14 bits per heavy atom. The van der Waals surface area contributed by atoms with Gasteiger partial charge in [0.05, 0.1) is 19.8 Å². The molecule has 1 aliphatic heterocycles. The first-order chi connectivity index (χ1) is 10.3. The summed E-state index contributed by atoms with van der Waals surface area (Å²) in [5.74, 6) is 0. The van der Waals surface area contributed by atoms with Gasteiger partial charge in [-0.15, -0.1) is 0 Å². The first-order valence-electron chi connectivity index (χ1n) is 7.28. The molecule has 0 spiro atoms. The molecule has 5 heteroatoms. The molecule has 0 radical (unpaired) electrons. The Labute approximate surface area is 134 Å². The van der Waals surface area contributed by atoms with Gasteiger partial charge in [-0.3, -0.25) is 4.90 Å². The highest BCUT2D eigenvalue weighted by molar-refractivity contribution is 7.08. The molecule has 0 N–H and O–H groups in total. The molecule has 1 fully saturated rings. The van der Waals surface area contributed by atoms with Crippen LogP contribution in [0.5, 0.6) is 0 Å². The van der Waals surface area contributed by atoms with Gasteiger partial charge in [0, 0.05) is 19.6 Å². The van der Waals surface area contributed by atoms with Crippen LogP contribution in [-0.2, 0) is 15.1 Å². The lowest BCUT2D eigenvalue weighted by molar-refractivity contribution is -0.0292. The summed E-state index contributed by atoms with van der Waals surface area (Å²) in [5.41, 5.74) is 2.15. The predicted molar refractivity (Wildman–Crippen MR) is 88.3 cm³/mol. The molecule has 1 saturated heterocycles. The summed E-state index contributed by atoms with van der Waals surface area (Å²) in [5, 5.41) is 8.61. The minimum atomic E-state index is -0.341. The van der Waals surface area contributed by atoms with Crippen molar-refractivity contribution >= 4 is 22.7 Å². The molecule has 0 aliphatic carbocycles. The summed E-state index contributed by atoms with van der Waals surface area (Å²) in [6.45, 7) is 7.58. The molecule has 0 amide bonds.